The number of pyridine rings is 1. The van der Waals surface area contributed by atoms with Crippen molar-refractivity contribution >= 4 is 5.82 Å². The van der Waals surface area contributed by atoms with Gasteiger partial charge in [0.15, 0.2) is 0 Å². The van der Waals surface area contributed by atoms with Gasteiger partial charge in [-0.05, 0) is 62.7 Å². The SMILES string of the molecule is CCNc1ccc(CN2CCC3(CCCC3)CC2)cn1. The molecule has 0 aromatic carbocycles. The van der Waals surface area contributed by atoms with Crippen LogP contribution in [-0.2, 0) is 6.54 Å². The Morgan fingerprint density at radius 3 is 2.50 bits per heavy atom. The third-order valence-electron chi connectivity index (χ3n) is 5.17. The summed E-state index contributed by atoms with van der Waals surface area (Å²) in [6, 6.07) is 4.31. The first-order chi connectivity index (χ1) is 9.80. The number of nitrogens with zero attached hydrogens (tertiary/aromatic N) is 2. The smallest absolute Gasteiger partial charge is 0.125 e. The lowest BCUT2D eigenvalue weighted by atomic mass is 9.77. The molecule has 3 rings (SSSR count). The molecule has 0 amide bonds. The van der Waals surface area contributed by atoms with Crippen LogP contribution in [0.1, 0.15) is 51.0 Å². The van der Waals surface area contributed by atoms with E-state index in [-0.39, 0.29) is 0 Å². The lowest BCUT2D eigenvalue weighted by molar-refractivity contribution is 0.103. The Morgan fingerprint density at radius 1 is 1.15 bits per heavy atom. The molecule has 0 unspecified atom stereocenters. The molecule has 1 N–H and O–H groups in total. The molecule has 2 heterocycles. The van der Waals surface area contributed by atoms with E-state index in [0.29, 0.717) is 0 Å². The molecule has 1 spiro atoms. The summed E-state index contributed by atoms with van der Waals surface area (Å²) >= 11 is 0. The molecule has 110 valence electrons. The zero-order valence-corrected chi connectivity index (χ0v) is 12.7. The summed E-state index contributed by atoms with van der Waals surface area (Å²) in [5.74, 6) is 0.986. The van der Waals surface area contributed by atoms with Crippen molar-refractivity contribution in [1.29, 1.82) is 0 Å². The van der Waals surface area contributed by atoms with Gasteiger partial charge >= 0.3 is 0 Å². The average molecular weight is 273 g/mol. The van der Waals surface area contributed by atoms with E-state index in [2.05, 4.69) is 34.3 Å². The van der Waals surface area contributed by atoms with E-state index >= 15 is 0 Å². The number of hydrogen-bond donors (Lipinski definition) is 1. The van der Waals surface area contributed by atoms with Crippen molar-refractivity contribution in [1.82, 2.24) is 9.88 Å². The highest BCUT2D eigenvalue weighted by atomic mass is 15.1. The fraction of sp³-hybridized carbons (Fsp3) is 0.706. The molecule has 1 aliphatic carbocycles. The Labute approximate surface area is 122 Å². The van der Waals surface area contributed by atoms with E-state index in [1.807, 2.05) is 6.20 Å². The van der Waals surface area contributed by atoms with Crippen LogP contribution in [0.4, 0.5) is 5.82 Å². The van der Waals surface area contributed by atoms with Gasteiger partial charge in [0.2, 0.25) is 0 Å². The lowest BCUT2D eigenvalue weighted by Crippen LogP contribution is -2.38. The van der Waals surface area contributed by atoms with Gasteiger partial charge in [0.05, 0.1) is 0 Å². The van der Waals surface area contributed by atoms with E-state index in [1.54, 1.807) is 0 Å². The lowest BCUT2D eigenvalue weighted by Gasteiger charge is -2.39. The number of anilines is 1. The van der Waals surface area contributed by atoms with E-state index in [4.69, 9.17) is 0 Å². The Bertz CT molecular complexity index is 410. The molecule has 3 nitrogen and oxygen atoms in total. The van der Waals surface area contributed by atoms with Crippen molar-refractivity contribution in [3.63, 3.8) is 0 Å². The van der Waals surface area contributed by atoms with Crippen molar-refractivity contribution in [2.45, 2.75) is 52.0 Å². The van der Waals surface area contributed by atoms with E-state index in [1.165, 1.54) is 57.2 Å². The molecular weight excluding hydrogens is 246 g/mol. The summed E-state index contributed by atoms with van der Waals surface area (Å²) in [6.07, 6.45) is 10.8. The normalized spacial score (nSPS) is 22.2. The van der Waals surface area contributed by atoms with Gasteiger partial charge in [-0.15, -0.1) is 0 Å². The van der Waals surface area contributed by atoms with Crippen LogP contribution in [0.25, 0.3) is 0 Å². The summed E-state index contributed by atoms with van der Waals surface area (Å²) in [7, 11) is 0. The second-order valence-corrected chi connectivity index (χ2v) is 6.57. The first kappa shape index (κ1) is 13.9. The first-order valence-corrected chi connectivity index (χ1v) is 8.21. The van der Waals surface area contributed by atoms with Crippen LogP contribution in [0, 0.1) is 5.41 Å². The molecule has 20 heavy (non-hydrogen) atoms. The maximum Gasteiger partial charge on any atom is 0.125 e. The standard InChI is InChI=1S/C17H27N3/c1-2-18-16-6-5-15(13-19-16)14-20-11-9-17(10-12-20)7-3-4-8-17/h5-6,13H,2-4,7-12,14H2,1H3,(H,18,19). The molecule has 2 aliphatic rings. The van der Waals surface area contributed by atoms with Crippen molar-refractivity contribution in [2.75, 3.05) is 25.0 Å². The minimum Gasteiger partial charge on any atom is -0.370 e. The highest BCUT2D eigenvalue weighted by Crippen LogP contribution is 2.46. The van der Waals surface area contributed by atoms with Crippen LogP contribution in [0.3, 0.4) is 0 Å². The summed E-state index contributed by atoms with van der Waals surface area (Å²) in [4.78, 5) is 7.07. The Hall–Kier alpha value is -1.09. The molecular formula is C17H27N3. The first-order valence-electron chi connectivity index (χ1n) is 8.21. The quantitative estimate of drug-likeness (QED) is 0.907. The number of aromatic nitrogens is 1. The molecule has 1 aromatic rings. The van der Waals surface area contributed by atoms with Crippen LogP contribution in [0.2, 0.25) is 0 Å². The fourth-order valence-corrected chi connectivity index (χ4v) is 3.87. The molecule has 0 bridgehead atoms. The van der Waals surface area contributed by atoms with E-state index < -0.39 is 0 Å². The summed E-state index contributed by atoms with van der Waals surface area (Å²) < 4.78 is 0. The molecule has 0 atom stereocenters. The molecule has 0 radical (unpaired) electrons. The monoisotopic (exact) mass is 273 g/mol. The molecule has 3 heteroatoms. The minimum atomic E-state index is 0.726. The molecule has 1 aliphatic heterocycles. The van der Waals surface area contributed by atoms with Crippen molar-refractivity contribution in [3.8, 4) is 0 Å². The number of likely N-dealkylation sites (tertiary alicyclic amines) is 1. The predicted molar refractivity (Wildman–Crippen MR) is 83.8 cm³/mol. The summed E-state index contributed by atoms with van der Waals surface area (Å²) in [5, 5.41) is 3.25. The van der Waals surface area contributed by atoms with Crippen LogP contribution in [0.15, 0.2) is 18.3 Å². The van der Waals surface area contributed by atoms with Gasteiger partial charge in [-0.3, -0.25) is 4.90 Å². The number of hydrogen-bond acceptors (Lipinski definition) is 3. The molecule has 2 fully saturated rings. The van der Waals surface area contributed by atoms with Gasteiger partial charge in [-0.1, -0.05) is 18.9 Å². The topological polar surface area (TPSA) is 28.2 Å². The highest BCUT2D eigenvalue weighted by Gasteiger charge is 2.36. The number of nitrogens with one attached hydrogen (secondary N) is 1. The van der Waals surface area contributed by atoms with Crippen molar-refractivity contribution in [2.24, 2.45) is 5.41 Å². The predicted octanol–water partition coefficient (Wildman–Crippen LogP) is 3.67. The zero-order chi connectivity index (χ0) is 13.8. The number of rotatable bonds is 4. The van der Waals surface area contributed by atoms with Gasteiger partial charge in [0.1, 0.15) is 5.82 Å². The van der Waals surface area contributed by atoms with Crippen LogP contribution in [-0.4, -0.2) is 29.5 Å². The van der Waals surface area contributed by atoms with Gasteiger partial charge in [-0.2, -0.15) is 0 Å². The molecule has 1 saturated heterocycles. The van der Waals surface area contributed by atoms with Gasteiger partial charge in [0.25, 0.3) is 0 Å². The van der Waals surface area contributed by atoms with Crippen molar-refractivity contribution < 1.29 is 0 Å². The van der Waals surface area contributed by atoms with Gasteiger partial charge in [-0.25, -0.2) is 4.98 Å². The highest BCUT2D eigenvalue weighted by molar-refractivity contribution is 5.35. The molecule has 1 aromatic heterocycles. The van der Waals surface area contributed by atoms with E-state index in [0.717, 1.165) is 24.3 Å². The third-order valence-corrected chi connectivity index (χ3v) is 5.17. The largest absolute Gasteiger partial charge is 0.370 e. The van der Waals surface area contributed by atoms with Crippen LogP contribution < -0.4 is 5.32 Å². The molecule has 1 saturated carbocycles. The maximum atomic E-state index is 4.47. The van der Waals surface area contributed by atoms with Crippen LogP contribution in [0.5, 0.6) is 0 Å². The Kier molecular flexibility index (Phi) is 4.25. The van der Waals surface area contributed by atoms with Crippen LogP contribution >= 0.6 is 0 Å². The van der Waals surface area contributed by atoms with Crippen molar-refractivity contribution in [3.05, 3.63) is 23.9 Å². The maximum absolute atomic E-state index is 4.47. The second kappa shape index (κ2) is 6.13. The minimum absolute atomic E-state index is 0.726. The van der Waals surface area contributed by atoms with Gasteiger partial charge < -0.3 is 5.32 Å². The van der Waals surface area contributed by atoms with E-state index in [9.17, 15) is 0 Å². The Balaban J connectivity index is 1.51. The summed E-state index contributed by atoms with van der Waals surface area (Å²) in [6.45, 7) is 6.64. The summed E-state index contributed by atoms with van der Waals surface area (Å²) in [5.41, 5.74) is 2.07. The fourth-order valence-electron chi connectivity index (χ4n) is 3.87. The zero-order valence-electron chi connectivity index (χ0n) is 12.7. The average Bonchev–Trinajstić information content (AvgIpc) is 2.93. The Morgan fingerprint density at radius 2 is 1.90 bits per heavy atom. The number of piperidine rings is 1. The second-order valence-electron chi connectivity index (χ2n) is 6.57. The van der Waals surface area contributed by atoms with Gasteiger partial charge in [0, 0.05) is 19.3 Å². The third kappa shape index (κ3) is 3.14.